The van der Waals surface area contributed by atoms with Crippen LogP contribution >= 0.6 is 0 Å². The first kappa shape index (κ1) is 10.5. The zero-order valence-corrected chi connectivity index (χ0v) is 9.05. The molecular weight excluding hydrogens is 202 g/mol. The van der Waals surface area contributed by atoms with Gasteiger partial charge in [-0.25, -0.2) is 0 Å². The van der Waals surface area contributed by atoms with E-state index in [2.05, 4.69) is 4.98 Å². The third kappa shape index (κ3) is 2.31. The van der Waals surface area contributed by atoms with Gasteiger partial charge in [0.1, 0.15) is 18.1 Å². The van der Waals surface area contributed by atoms with Gasteiger partial charge >= 0.3 is 0 Å². The molecule has 0 aliphatic carbocycles. The number of ether oxygens (including phenoxy) is 1. The Balaban J connectivity index is 2.08. The van der Waals surface area contributed by atoms with Crippen molar-refractivity contribution in [3.63, 3.8) is 0 Å². The molecule has 0 fully saturated rings. The number of nitrogens with zero attached hydrogens (tertiary/aromatic N) is 1. The molecule has 0 aliphatic rings. The number of aromatic hydroxyl groups is 1. The van der Waals surface area contributed by atoms with Gasteiger partial charge in [0.2, 0.25) is 0 Å². The van der Waals surface area contributed by atoms with Crippen LogP contribution in [0.4, 0.5) is 0 Å². The van der Waals surface area contributed by atoms with Gasteiger partial charge < -0.3 is 9.84 Å². The molecule has 0 saturated carbocycles. The van der Waals surface area contributed by atoms with Crippen LogP contribution in [0.1, 0.15) is 11.3 Å². The highest BCUT2D eigenvalue weighted by Crippen LogP contribution is 2.26. The summed E-state index contributed by atoms with van der Waals surface area (Å²) in [5.74, 6) is 0.934. The maximum Gasteiger partial charge on any atom is 0.130 e. The molecule has 3 heteroatoms. The van der Waals surface area contributed by atoms with E-state index in [1.807, 2.05) is 31.2 Å². The summed E-state index contributed by atoms with van der Waals surface area (Å²) >= 11 is 0. The number of phenolic OH excluding ortho intramolecular Hbond substituents is 1. The highest BCUT2D eigenvalue weighted by atomic mass is 16.5. The van der Waals surface area contributed by atoms with Crippen molar-refractivity contribution in [2.24, 2.45) is 0 Å². The molecule has 2 aromatic rings. The fraction of sp³-hybridized carbons (Fsp3) is 0.154. The minimum Gasteiger partial charge on any atom is -0.508 e. The molecule has 0 spiro atoms. The van der Waals surface area contributed by atoms with Gasteiger partial charge in [-0.1, -0.05) is 12.1 Å². The van der Waals surface area contributed by atoms with Crippen LogP contribution in [0.3, 0.4) is 0 Å². The molecule has 3 nitrogen and oxygen atoms in total. The van der Waals surface area contributed by atoms with E-state index >= 15 is 0 Å². The van der Waals surface area contributed by atoms with Crippen LogP contribution in [0, 0.1) is 6.92 Å². The molecule has 1 heterocycles. The van der Waals surface area contributed by atoms with Crippen molar-refractivity contribution in [2.75, 3.05) is 0 Å². The van der Waals surface area contributed by atoms with Crippen molar-refractivity contribution < 1.29 is 9.84 Å². The summed E-state index contributed by atoms with van der Waals surface area (Å²) in [5.41, 5.74) is 1.61. The Morgan fingerprint density at radius 3 is 2.81 bits per heavy atom. The van der Waals surface area contributed by atoms with Crippen LogP contribution in [-0.4, -0.2) is 10.1 Å². The first-order chi connectivity index (χ1) is 7.77. The Hall–Kier alpha value is -2.03. The largest absolute Gasteiger partial charge is 0.508 e. The third-order valence-electron chi connectivity index (χ3n) is 2.36. The van der Waals surface area contributed by atoms with Gasteiger partial charge in [-0.05, 0) is 31.2 Å². The number of benzene rings is 1. The monoisotopic (exact) mass is 215 g/mol. The maximum atomic E-state index is 9.50. The average molecular weight is 215 g/mol. The van der Waals surface area contributed by atoms with E-state index in [1.54, 1.807) is 18.3 Å². The molecule has 1 aromatic carbocycles. The Bertz CT molecular complexity index is 469. The summed E-state index contributed by atoms with van der Waals surface area (Å²) in [4.78, 5) is 4.16. The van der Waals surface area contributed by atoms with E-state index in [0.717, 1.165) is 11.3 Å². The smallest absolute Gasteiger partial charge is 0.130 e. The average Bonchev–Trinajstić information content (AvgIpc) is 2.32. The molecule has 0 amide bonds. The van der Waals surface area contributed by atoms with E-state index in [0.29, 0.717) is 12.4 Å². The fourth-order valence-corrected chi connectivity index (χ4v) is 1.39. The Morgan fingerprint density at radius 2 is 2.06 bits per heavy atom. The predicted octanol–water partition coefficient (Wildman–Crippen LogP) is 2.67. The van der Waals surface area contributed by atoms with Crippen molar-refractivity contribution in [2.45, 2.75) is 13.5 Å². The number of phenols is 1. The van der Waals surface area contributed by atoms with Gasteiger partial charge in [0, 0.05) is 11.8 Å². The van der Waals surface area contributed by atoms with Crippen molar-refractivity contribution in [3.05, 3.63) is 53.9 Å². The number of rotatable bonds is 3. The molecule has 0 unspecified atom stereocenters. The van der Waals surface area contributed by atoms with Crippen LogP contribution in [0.5, 0.6) is 11.5 Å². The molecular formula is C13H13NO2. The Labute approximate surface area is 94.3 Å². The lowest BCUT2D eigenvalue weighted by Crippen LogP contribution is -1.98. The predicted molar refractivity (Wildman–Crippen MR) is 61.4 cm³/mol. The van der Waals surface area contributed by atoms with E-state index < -0.39 is 0 Å². The van der Waals surface area contributed by atoms with Crippen LogP contribution < -0.4 is 4.74 Å². The molecule has 0 saturated heterocycles. The van der Waals surface area contributed by atoms with Crippen molar-refractivity contribution in [1.82, 2.24) is 4.98 Å². The number of pyridine rings is 1. The quantitative estimate of drug-likeness (QED) is 0.855. The van der Waals surface area contributed by atoms with Crippen molar-refractivity contribution in [1.29, 1.82) is 0 Å². The lowest BCUT2D eigenvalue weighted by Gasteiger charge is -2.09. The van der Waals surface area contributed by atoms with Crippen LogP contribution in [0.25, 0.3) is 0 Å². The lowest BCUT2D eigenvalue weighted by atomic mass is 10.2. The minimum absolute atomic E-state index is 0.249. The van der Waals surface area contributed by atoms with Gasteiger partial charge in [0.05, 0.1) is 5.69 Å². The zero-order chi connectivity index (χ0) is 11.4. The zero-order valence-electron chi connectivity index (χ0n) is 9.05. The Morgan fingerprint density at radius 1 is 1.19 bits per heavy atom. The SMILES string of the molecule is Cc1c(O)cccc1OCc1ccccn1. The molecule has 0 bridgehead atoms. The standard InChI is InChI=1S/C13H13NO2/c1-10-12(15)6-4-7-13(10)16-9-11-5-2-3-8-14-11/h2-8,15H,9H2,1H3. The second-order valence-corrected chi connectivity index (χ2v) is 3.51. The highest BCUT2D eigenvalue weighted by Gasteiger charge is 2.03. The highest BCUT2D eigenvalue weighted by molar-refractivity contribution is 5.42. The van der Waals surface area contributed by atoms with Crippen LogP contribution in [0.2, 0.25) is 0 Å². The van der Waals surface area contributed by atoms with E-state index in [4.69, 9.17) is 4.74 Å². The summed E-state index contributed by atoms with van der Waals surface area (Å²) in [5, 5.41) is 9.50. The second kappa shape index (κ2) is 4.66. The molecule has 0 aliphatic heterocycles. The topological polar surface area (TPSA) is 42.4 Å². The summed E-state index contributed by atoms with van der Waals surface area (Å²) in [7, 11) is 0. The summed E-state index contributed by atoms with van der Waals surface area (Å²) in [6.45, 7) is 2.23. The van der Waals surface area contributed by atoms with E-state index in [-0.39, 0.29) is 5.75 Å². The number of hydrogen-bond donors (Lipinski definition) is 1. The first-order valence-corrected chi connectivity index (χ1v) is 5.08. The number of aromatic nitrogens is 1. The minimum atomic E-state index is 0.249. The van der Waals surface area contributed by atoms with E-state index in [1.165, 1.54) is 0 Å². The van der Waals surface area contributed by atoms with Gasteiger partial charge in [0.25, 0.3) is 0 Å². The molecule has 0 atom stereocenters. The lowest BCUT2D eigenvalue weighted by molar-refractivity contribution is 0.297. The summed E-state index contributed by atoms with van der Waals surface area (Å²) in [6, 6.07) is 10.9. The Kier molecular flexibility index (Phi) is 3.05. The second-order valence-electron chi connectivity index (χ2n) is 3.51. The van der Waals surface area contributed by atoms with Gasteiger partial charge in [-0.3, -0.25) is 4.98 Å². The fourth-order valence-electron chi connectivity index (χ4n) is 1.39. The molecule has 1 N–H and O–H groups in total. The summed E-state index contributed by atoms with van der Waals surface area (Å²) in [6.07, 6.45) is 1.73. The third-order valence-corrected chi connectivity index (χ3v) is 2.36. The maximum absolute atomic E-state index is 9.50. The van der Waals surface area contributed by atoms with Crippen molar-refractivity contribution in [3.8, 4) is 11.5 Å². The van der Waals surface area contributed by atoms with E-state index in [9.17, 15) is 5.11 Å². The van der Waals surface area contributed by atoms with Crippen LogP contribution in [0.15, 0.2) is 42.6 Å². The molecule has 0 radical (unpaired) electrons. The molecule has 1 aromatic heterocycles. The van der Waals surface area contributed by atoms with Crippen molar-refractivity contribution >= 4 is 0 Å². The van der Waals surface area contributed by atoms with Gasteiger partial charge in [-0.2, -0.15) is 0 Å². The normalized spacial score (nSPS) is 10.1. The molecule has 82 valence electrons. The van der Waals surface area contributed by atoms with Gasteiger partial charge in [-0.15, -0.1) is 0 Å². The summed E-state index contributed by atoms with van der Waals surface area (Å²) < 4.78 is 5.58. The molecule has 16 heavy (non-hydrogen) atoms. The molecule has 2 rings (SSSR count). The van der Waals surface area contributed by atoms with Gasteiger partial charge in [0.15, 0.2) is 0 Å². The van der Waals surface area contributed by atoms with Crippen LogP contribution in [-0.2, 0) is 6.61 Å². The number of hydrogen-bond acceptors (Lipinski definition) is 3. The first-order valence-electron chi connectivity index (χ1n) is 5.08.